The first-order chi connectivity index (χ1) is 23.1. The molecule has 0 aliphatic carbocycles. The van der Waals surface area contributed by atoms with Crippen LogP contribution in [0.25, 0.3) is 6.08 Å². The SMILES string of the molecule is COc1ccc(C(CC(=O)NCCc2ccc(OC)c(OC)c2)c2c(O)cc3c(c2O)C(=O)O[C@@H](C)CCCC(=O)CCCC=C3)cc1. The van der Waals surface area contributed by atoms with E-state index in [1.807, 2.05) is 12.1 Å². The summed E-state index contributed by atoms with van der Waals surface area (Å²) < 4.78 is 21.7. The van der Waals surface area contributed by atoms with Gasteiger partial charge in [0.2, 0.25) is 5.91 Å². The third-order valence-corrected chi connectivity index (χ3v) is 8.49. The zero-order valence-corrected chi connectivity index (χ0v) is 28.0. The van der Waals surface area contributed by atoms with E-state index in [-0.39, 0.29) is 40.6 Å². The van der Waals surface area contributed by atoms with Crippen molar-refractivity contribution in [2.24, 2.45) is 0 Å². The molecule has 0 saturated carbocycles. The van der Waals surface area contributed by atoms with Gasteiger partial charge >= 0.3 is 5.97 Å². The van der Waals surface area contributed by atoms with Crippen LogP contribution in [0, 0.1) is 0 Å². The van der Waals surface area contributed by atoms with Gasteiger partial charge in [0.05, 0.1) is 27.4 Å². The van der Waals surface area contributed by atoms with Crippen molar-refractivity contribution in [1.82, 2.24) is 5.32 Å². The van der Waals surface area contributed by atoms with Crippen molar-refractivity contribution in [1.29, 1.82) is 0 Å². The van der Waals surface area contributed by atoms with E-state index in [1.54, 1.807) is 70.7 Å². The molecule has 4 rings (SSSR count). The Morgan fingerprint density at radius 2 is 1.69 bits per heavy atom. The number of esters is 1. The zero-order valence-electron chi connectivity index (χ0n) is 28.0. The predicted octanol–water partition coefficient (Wildman–Crippen LogP) is 6.49. The summed E-state index contributed by atoms with van der Waals surface area (Å²) in [6.45, 7) is 2.07. The number of Topliss-reactive ketones (excluding diaryl/α,β-unsaturated/α-hetero) is 1. The molecule has 10 nitrogen and oxygen atoms in total. The number of carbonyl (C=O) groups excluding carboxylic acids is 3. The highest BCUT2D eigenvalue weighted by Crippen LogP contribution is 2.44. The molecule has 0 aromatic heterocycles. The summed E-state index contributed by atoms with van der Waals surface area (Å²) in [6.07, 6.45) is 6.54. The molecule has 3 aromatic rings. The maximum absolute atomic E-state index is 13.6. The van der Waals surface area contributed by atoms with Crippen LogP contribution in [0.1, 0.15) is 90.4 Å². The summed E-state index contributed by atoms with van der Waals surface area (Å²) in [5.74, 6) is -0.647. The highest BCUT2D eigenvalue weighted by molar-refractivity contribution is 5.98. The second-order valence-corrected chi connectivity index (χ2v) is 11.9. The lowest BCUT2D eigenvalue weighted by molar-refractivity contribution is -0.121. The molecule has 0 radical (unpaired) electrons. The summed E-state index contributed by atoms with van der Waals surface area (Å²) in [4.78, 5) is 39.2. The number of aromatic hydroxyl groups is 2. The number of phenols is 2. The van der Waals surface area contributed by atoms with Gasteiger partial charge in [0.15, 0.2) is 11.5 Å². The molecule has 48 heavy (non-hydrogen) atoms. The Kier molecular flexibility index (Phi) is 12.9. The largest absolute Gasteiger partial charge is 0.507 e. The fourth-order valence-electron chi connectivity index (χ4n) is 5.88. The van der Waals surface area contributed by atoms with Gasteiger partial charge in [-0.1, -0.05) is 30.4 Å². The van der Waals surface area contributed by atoms with Gasteiger partial charge in [-0.05, 0) is 86.1 Å². The molecule has 3 aromatic carbocycles. The number of methoxy groups -OCH3 is 3. The number of phenolic OH excluding ortho intramolecular Hbond substituents is 2. The number of cyclic esters (lactones) is 1. The molecule has 3 N–H and O–H groups in total. The van der Waals surface area contributed by atoms with Crippen LogP contribution in [0.2, 0.25) is 0 Å². The second kappa shape index (κ2) is 17.2. The summed E-state index contributed by atoms with van der Waals surface area (Å²) in [6, 6.07) is 13.9. The molecule has 1 aliphatic heterocycles. The Labute approximate surface area is 281 Å². The molecule has 10 heteroatoms. The molecular formula is C38H45NO9. The highest BCUT2D eigenvalue weighted by atomic mass is 16.5. The molecular weight excluding hydrogens is 614 g/mol. The topological polar surface area (TPSA) is 141 Å². The van der Waals surface area contributed by atoms with Crippen molar-refractivity contribution in [2.45, 2.75) is 70.3 Å². The van der Waals surface area contributed by atoms with Crippen LogP contribution in [-0.2, 0) is 20.7 Å². The summed E-state index contributed by atoms with van der Waals surface area (Å²) >= 11 is 0. The maximum Gasteiger partial charge on any atom is 0.342 e. The van der Waals surface area contributed by atoms with Gasteiger partial charge in [-0.3, -0.25) is 9.59 Å². The van der Waals surface area contributed by atoms with Crippen LogP contribution in [0.5, 0.6) is 28.7 Å². The molecule has 2 atom stereocenters. The normalized spacial score (nSPS) is 16.2. The van der Waals surface area contributed by atoms with Gasteiger partial charge in [0, 0.05) is 37.3 Å². The quantitative estimate of drug-likeness (QED) is 0.209. The number of ether oxygens (including phenoxy) is 4. The lowest BCUT2D eigenvalue weighted by Gasteiger charge is -2.23. The van der Waals surface area contributed by atoms with E-state index in [0.717, 1.165) is 5.56 Å². The Morgan fingerprint density at radius 3 is 2.40 bits per heavy atom. The number of amides is 1. The second-order valence-electron chi connectivity index (χ2n) is 11.9. The highest BCUT2D eigenvalue weighted by Gasteiger charge is 2.31. The predicted molar refractivity (Wildman–Crippen MR) is 182 cm³/mol. The average Bonchev–Trinajstić information content (AvgIpc) is 3.07. The first-order valence-electron chi connectivity index (χ1n) is 16.2. The zero-order chi connectivity index (χ0) is 34.6. The van der Waals surface area contributed by atoms with Crippen molar-refractivity contribution in [3.05, 3.63) is 82.4 Å². The molecule has 256 valence electrons. The average molecular weight is 660 g/mol. The van der Waals surface area contributed by atoms with E-state index in [1.165, 1.54) is 6.07 Å². The van der Waals surface area contributed by atoms with Crippen LogP contribution in [0.3, 0.4) is 0 Å². The van der Waals surface area contributed by atoms with Crippen LogP contribution in [0.4, 0.5) is 0 Å². The number of ketones is 1. The van der Waals surface area contributed by atoms with Crippen molar-refractivity contribution in [3.8, 4) is 28.7 Å². The molecule has 0 fully saturated rings. The Balaban J connectivity index is 1.66. The Hall–Kier alpha value is -4.99. The van der Waals surface area contributed by atoms with Gasteiger partial charge in [-0.25, -0.2) is 4.79 Å². The van der Waals surface area contributed by atoms with Crippen LogP contribution in [-0.4, -0.2) is 61.9 Å². The molecule has 1 aliphatic rings. The number of allylic oxidation sites excluding steroid dienone is 1. The fourth-order valence-corrected chi connectivity index (χ4v) is 5.88. The molecule has 1 heterocycles. The Morgan fingerprint density at radius 1 is 0.958 bits per heavy atom. The first-order valence-corrected chi connectivity index (χ1v) is 16.2. The number of fused-ring (bicyclic) bond motifs is 1. The molecule has 0 bridgehead atoms. The minimum atomic E-state index is -0.824. The third-order valence-electron chi connectivity index (χ3n) is 8.49. The Bertz CT molecular complexity index is 1610. The van der Waals surface area contributed by atoms with Crippen molar-refractivity contribution < 1.29 is 43.5 Å². The maximum atomic E-state index is 13.6. The van der Waals surface area contributed by atoms with E-state index in [0.29, 0.717) is 74.3 Å². The van der Waals surface area contributed by atoms with Crippen molar-refractivity contribution in [2.75, 3.05) is 27.9 Å². The molecule has 0 spiro atoms. The summed E-state index contributed by atoms with van der Waals surface area (Å²) in [5.41, 5.74) is 1.79. The van der Waals surface area contributed by atoms with Crippen molar-refractivity contribution >= 4 is 23.7 Å². The standard InChI is InChI=1S/C38H45NO9/c1-24-9-8-12-28(40)11-7-5-6-10-27-22-31(41)36(37(43)35(27)38(44)48-24)30(26-14-16-29(45-2)17-15-26)23-34(42)39-20-19-25-13-18-32(46-3)33(21-25)47-4/h6,10,13-18,21-22,24,30,41,43H,5,7-9,11-12,19-20,23H2,1-4H3,(H,39,42)/t24-,30?/m0/s1. The van der Waals surface area contributed by atoms with Gasteiger partial charge in [-0.2, -0.15) is 0 Å². The van der Waals surface area contributed by atoms with Crippen LogP contribution in [0.15, 0.2) is 54.6 Å². The minimum Gasteiger partial charge on any atom is -0.507 e. The van der Waals surface area contributed by atoms with E-state index < -0.39 is 23.7 Å². The number of benzene rings is 3. The third kappa shape index (κ3) is 9.30. The lowest BCUT2D eigenvalue weighted by Crippen LogP contribution is -2.27. The summed E-state index contributed by atoms with van der Waals surface area (Å²) in [5, 5.41) is 26.1. The number of carbonyl (C=O) groups is 3. The first kappa shape index (κ1) is 35.9. The molecule has 1 amide bonds. The van der Waals surface area contributed by atoms with Gasteiger partial charge in [0.1, 0.15) is 28.6 Å². The lowest BCUT2D eigenvalue weighted by atomic mass is 9.84. The van der Waals surface area contributed by atoms with Crippen LogP contribution < -0.4 is 19.5 Å². The number of rotatable bonds is 10. The van der Waals surface area contributed by atoms with E-state index in [4.69, 9.17) is 18.9 Å². The van der Waals surface area contributed by atoms with E-state index >= 15 is 0 Å². The monoisotopic (exact) mass is 659 g/mol. The number of hydrogen-bond acceptors (Lipinski definition) is 9. The van der Waals surface area contributed by atoms with E-state index in [2.05, 4.69) is 5.32 Å². The fraction of sp³-hybridized carbons (Fsp3) is 0.395. The van der Waals surface area contributed by atoms with Gasteiger partial charge in [-0.15, -0.1) is 0 Å². The van der Waals surface area contributed by atoms with Gasteiger partial charge < -0.3 is 34.5 Å². The van der Waals surface area contributed by atoms with Crippen LogP contribution >= 0.6 is 0 Å². The smallest absolute Gasteiger partial charge is 0.342 e. The van der Waals surface area contributed by atoms with E-state index in [9.17, 15) is 24.6 Å². The molecule has 0 saturated heterocycles. The number of nitrogens with one attached hydrogen (secondary N) is 1. The molecule has 1 unspecified atom stereocenters. The minimum absolute atomic E-state index is 0.0404. The summed E-state index contributed by atoms with van der Waals surface area (Å²) in [7, 11) is 4.67. The van der Waals surface area contributed by atoms with Gasteiger partial charge in [0.25, 0.3) is 0 Å². The van der Waals surface area contributed by atoms with Crippen molar-refractivity contribution in [3.63, 3.8) is 0 Å². The number of hydrogen-bond donors (Lipinski definition) is 3.